The summed E-state index contributed by atoms with van der Waals surface area (Å²) >= 11 is 11.5. The fourth-order valence-electron chi connectivity index (χ4n) is 1.91. The summed E-state index contributed by atoms with van der Waals surface area (Å²) < 4.78 is 27.1. The number of hydrogen-bond donors (Lipinski definition) is 1. The quantitative estimate of drug-likeness (QED) is 0.794. The lowest BCUT2D eigenvalue weighted by atomic mass is 10.1. The lowest BCUT2D eigenvalue weighted by Crippen LogP contribution is -2.13. The summed E-state index contributed by atoms with van der Waals surface area (Å²) in [4.78, 5) is 0.140. The molecule has 0 unspecified atom stereocenters. The second-order valence-corrected chi connectivity index (χ2v) is 7.05. The van der Waals surface area contributed by atoms with Crippen LogP contribution in [0.5, 0.6) is 0 Å². The third-order valence-electron chi connectivity index (χ3n) is 2.88. The summed E-state index contributed by atoms with van der Waals surface area (Å²) in [5, 5.41) is 0.383. The predicted octanol–water partition coefficient (Wildman–Crippen LogP) is 4.31. The highest BCUT2D eigenvalue weighted by molar-refractivity contribution is 7.92. The Morgan fingerprint density at radius 3 is 2.52 bits per heavy atom. The molecule has 6 heteroatoms. The van der Waals surface area contributed by atoms with Gasteiger partial charge in [0.05, 0.1) is 4.90 Å². The van der Waals surface area contributed by atoms with Crippen LogP contribution in [0.3, 0.4) is 0 Å². The Morgan fingerprint density at radius 1 is 1.05 bits per heavy atom. The van der Waals surface area contributed by atoms with Gasteiger partial charge in [0.1, 0.15) is 0 Å². The third kappa shape index (κ3) is 4.63. The molecule has 0 aliphatic rings. The molecule has 0 saturated carbocycles. The maximum absolute atomic E-state index is 12.3. The van der Waals surface area contributed by atoms with Gasteiger partial charge in [0.25, 0.3) is 10.0 Å². The molecular weight excluding hydrogens is 329 g/mol. The van der Waals surface area contributed by atoms with Crippen LogP contribution in [-0.4, -0.2) is 14.3 Å². The maximum atomic E-state index is 12.3. The van der Waals surface area contributed by atoms with Gasteiger partial charge in [-0.3, -0.25) is 4.72 Å². The molecule has 21 heavy (non-hydrogen) atoms. The molecule has 0 spiro atoms. The van der Waals surface area contributed by atoms with E-state index >= 15 is 0 Å². The number of anilines is 1. The molecule has 0 bridgehead atoms. The molecule has 0 radical (unpaired) electrons. The molecule has 0 aliphatic heterocycles. The van der Waals surface area contributed by atoms with E-state index in [4.69, 9.17) is 23.2 Å². The summed E-state index contributed by atoms with van der Waals surface area (Å²) in [6.45, 7) is 0. The van der Waals surface area contributed by atoms with Crippen LogP contribution in [-0.2, 0) is 16.4 Å². The Labute approximate surface area is 135 Å². The lowest BCUT2D eigenvalue weighted by molar-refractivity contribution is 0.601. The third-order valence-corrected chi connectivity index (χ3v) is 4.77. The van der Waals surface area contributed by atoms with Crippen molar-refractivity contribution < 1.29 is 8.42 Å². The average molecular weight is 344 g/mol. The van der Waals surface area contributed by atoms with E-state index in [1.165, 1.54) is 12.1 Å². The Kier molecular flexibility index (Phi) is 5.51. The summed E-state index contributed by atoms with van der Waals surface area (Å²) in [5.41, 5.74) is 1.57. The van der Waals surface area contributed by atoms with Gasteiger partial charge >= 0.3 is 0 Å². The lowest BCUT2D eigenvalue weighted by Gasteiger charge is -2.09. The van der Waals surface area contributed by atoms with Crippen molar-refractivity contribution in [1.82, 2.24) is 0 Å². The summed E-state index contributed by atoms with van der Waals surface area (Å²) in [6, 6.07) is 13.5. The minimum absolute atomic E-state index is 0.140. The molecule has 2 aromatic carbocycles. The second kappa shape index (κ2) is 7.16. The van der Waals surface area contributed by atoms with Crippen molar-refractivity contribution in [3.8, 4) is 0 Å². The number of halogens is 2. The van der Waals surface area contributed by atoms with Crippen molar-refractivity contribution in [3.63, 3.8) is 0 Å². The van der Waals surface area contributed by atoms with E-state index in [-0.39, 0.29) is 4.90 Å². The number of sulfonamides is 1. The minimum atomic E-state index is -3.63. The van der Waals surface area contributed by atoms with Gasteiger partial charge in [-0.1, -0.05) is 29.8 Å². The zero-order valence-corrected chi connectivity index (χ0v) is 13.5. The Hall–Kier alpha value is -1.23. The number of benzene rings is 2. The van der Waals surface area contributed by atoms with Gasteiger partial charge in [-0.2, -0.15) is 0 Å². The van der Waals surface area contributed by atoms with E-state index in [1.807, 2.05) is 18.2 Å². The molecule has 0 aromatic heterocycles. The molecule has 0 atom stereocenters. The molecule has 0 fully saturated rings. The topological polar surface area (TPSA) is 46.2 Å². The van der Waals surface area contributed by atoms with Crippen LogP contribution < -0.4 is 4.72 Å². The zero-order chi connectivity index (χ0) is 15.3. The largest absolute Gasteiger partial charge is 0.280 e. The van der Waals surface area contributed by atoms with E-state index in [0.717, 1.165) is 18.4 Å². The molecular formula is C15H15Cl2NO2S. The van der Waals surface area contributed by atoms with Crippen LogP contribution in [0.4, 0.5) is 5.69 Å². The fraction of sp³-hybridized carbons (Fsp3) is 0.200. The first-order chi connectivity index (χ1) is 10.0. The number of alkyl halides is 1. The van der Waals surface area contributed by atoms with E-state index in [0.29, 0.717) is 16.6 Å². The second-order valence-electron chi connectivity index (χ2n) is 4.56. The van der Waals surface area contributed by atoms with Crippen LogP contribution in [0.25, 0.3) is 0 Å². The summed E-state index contributed by atoms with van der Waals surface area (Å²) in [5.74, 6) is 0.582. The smallest absolute Gasteiger partial charge is 0.261 e. The van der Waals surface area contributed by atoms with Gasteiger partial charge in [-0.15, -0.1) is 11.6 Å². The van der Waals surface area contributed by atoms with Gasteiger partial charge in [0, 0.05) is 16.6 Å². The Bertz CT molecular complexity index is 717. The van der Waals surface area contributed by atoms with Gasteiger partial charge in [0.2, 0.25) is 0 Å². The van der Waals surface area contributed by atoms with Crippen molar-refractivity contribution in [2.24, 2.45) is 0 Å². The van der Waals surface area contributed by atoms with E-state index in [9.17, 15) is 8.42 Å². The first kappa shape index (κ1) is 16.1. The molecule has 2 rings (SSSR count). The molecule has 3 nitrogen and oxygen atoms in total. The van der Waals surface area contributed by atoms with E-state index in [2.05, 4.69) is 4.72 Å². The van der Waals surface area contributed by atoms with Crippen LogP contribution >= 0.6 is 23.2 Å². The molecule has 0 aliphatic carbocycles. The molecule has 1 N–H and O–H groups in total. The van der Waals surface area contributed by atoms with E-state index < -0.39 is 10.0 Å². The highest BCUT2D eigenvalue weighted by Crippen LogP contribution is 2.20. The van der Waals surface area contributed by atoms with Crippen molar-refractivity contribution in [3.05, 3.63) is 59.1 Å². The molecule has 112 valence electrons. The first-order valence-electron chi connectivity index (χ1n) is 6.44. The zero-order valence-electron chi connectivity index (χ0n) is 11.2. The molecule has 0 heterocycles. The predicted molar refractivity (Wildman–Crippen MR) is 87.7 cm³/mol. The average Bonchev–Trinajstić information content (AvgIpc) is 2.45. The number of aryl methyl sites for hydroxylation is 1. The SMILES string of the molecule is O=S(=O)(Nc1cccc(CCCCl)c1)c1cccc(Cl)c1. The molecule has 2 aromatic rings. The van der Waals surface area contributed by atoms with E-state index in [1.54, 1.807) is 18.2 Å². The number of hydrogen-bond acceptors (Lipinski definition) is 2. The number of rotatable bonds is 6. The summed E-state index contributed by atoms with van der Waals surface area (Å²) in [6.07, 6.45) is 1.67. The van der Waals surface area contributed by atoms with Crippen LogP contribution in [0.1, 0.15) is 12.0 Å². The van der Waals surface area contributed by atoms with Gasteiger partial charge in [-0.05, 0) is 48.7 Å². The van der Waals surface area contributed by atoms with Crippen LogP contribution in [0.2, 0.25) is 5.02 Å². The van der Waals surface area contributed by atoms with Crippen molar-refractivity contribution in [2.45, 2.75) is 17.7 Å². The standard InChI is InChI=1S/C15H15Cl2NO2S/c16-9-3-5-12-4-1-7-14(10-12)18-21(19,20)15-8-2-6-13(17)11-15/h1-2,4,6-8,10-11,18H,3,5,9H2. The fourth-order valence-corrected chi connectivity index (χ4v) is 3.39. The monoisotopic (exact) mass is 343 g/mol. The maximum Gasteiger partial charge on any atom is 0.261 e. The van der Waals surface area contributed by atoms with Gasteiger partial charge in [-0.25, -0.2) is 8.42 Å². The normalized spacial score (nSPS) is 11.3. The van der Waals surface area contributed by atoms with Crippen molar-refractivity contribution >= 4 is 38.9 Å². The van der Waals surface area contributed by atoms with Crippen LogP contribution in [0, 0.1) is 0 Å². The minimum Gasteiger partial charge on any atom is -0.280 e. The molecule has 0 saturated heterocycles. The Balaban J connectivity index is 2.20. The van der Waals surface area contributed by atoms with Crippen LogP contribution in [0.15, 0.2) is 53.4 Å². The van der Waals surface area contributed by atoms with Crippen molar-refractivity contribution in [1.29, 1.82) is 0 Å². The Morgan fingerprint density at radius 2 is 1.81 bits per heavy atom. The van der Waals surface area contributed by atoms with Gasteiger partial charge < -0.3 is 0 Å². The number of nitrogens with one attached hydrogen (secondary N) is 1. The highest BCUT2D eigenvalue weighted by atomic mass is 35.5. The van der Waals surface area contributed by atoms with Crippen molar-refractivity contribution in [2.75, 3.05) is 10.6 Å². The highest BCUT2D eigenvalue weighted by Gasteiger charge is 2.14. The first-order valence-corrected chi connectivity index (χ1v) is 8.84. The summed E-state index contributed by atoms with van der Waals surface area (Å²) in [7, 11) is -3.63. The van der Waals surface area contributed by atoms with Gasteiger partial charge in [0.15, 0.2) is 0 Å². The molecule has 0 amide bonds.